The summed E-state index contributed by atoms with van der Waals surface area (Å²) in [5.74, 6) is -0.764. The highest BCUT2D eigenvalue weighted by molar-refractivity contribution is 6.31. The maximum atomic E-state index is 13.2. The van der Waals surface area contributed by atoms with Crippen LogP contribution in [0.2, 0.25) is 5.02 Å². The van der Waals surface area contributed by atoms with E-state index in [1.54, 1.807) is 40.5 Å². The van der Waals surface area contributed by atoms with Crippen molar-refractivity contribution in [2.45, 2.75) is 25.0 Å². The van der Waals surface area contributed by atoms with E-state index in [1.807, 2.05) is 0 Å². The predicted molar refractivity (Wildman–Crippen MR) is 93.6 cm³/mol. The summed E-state index contributed by atoms with van der Waals surface area (Å²) < 4.78 is 26.3. The van der Waals surface area contributed by atoms with E-state index in [4.69, 9.17) is 11.6 Å². The van der Waals surface area contributed by atoms with Crippen molar-refractivity contribution in [1.82, 2.24) is 15.3 Å². The van der Waals surface area contributed by atoms with Crippen LogP contribution in [0.4, 0.5) is 8.78 Å². The number of amides is 1. The molecule has 1 amide bonds. The Balaban J connectivity index is 1.49. The molecule has 2 aliphatic heterocycles. The fourth-order valence-electron chi connectivity index (χ4n) is 3.31. The molecule has 4 nitrogen and oxygen atoms in total. The van der Waals surface area contributed by atoms with Crippen LogP contribution < -0.4 is 5.43 Å². The van der Waals surface area contributed by atoms with Crippen molar-refractivity contribution in [1.29, 1.82) is 0 Å². The second kappa shape index (κ2) is 6.70. The summed E-state index contributed by atoms with van der Waals surface area (Å²) in [6.45, 7) is 0.278. The molecule has 1 fully saturated rings. The SMILES string of the molecule is O=C1C2CC(c3ccc(F)cc3)NN2C=CN1Cc1ccc(F)cc1Cl. The van der Waals surface area contributed by atoms with Gasteiger partial charge in [0, 0.05) is 17.4 Å². The summed E-state index contributed by atoms with van der Waals surface area (Å²) in [6.07, 6.45) is 4.05. The van der Waals surface area contributed by atoms with Crippen LogP contribution in [-0.2, 0) is 11.3 Å². The Bertz CT molecular complexity index is 872. The van der Waals surface area contributed by atoms with Gasteiger partial charge in [-0.3, -0.25) is 4.79 Å². The van der Waals surface area contributed by atoms with Gasteiger partial charge in [-0.15, -0.1) is 0 Å². The van der Waals surface area contributed by atoms with Gasteiger partial charge in [-0.25, -0.2) is 14.2 Å². The standard InChI is InChI=1S/C19H16ClF2N3O/c20-16-9-15(22)6-3-13(16)11-24-7-8-25-18(19(24)26)10-17(23-25)12-1-4-14(21)5-2-12/h1-9,17-18,23H,10-11H2. The molecule has 7 heteroatoms. The van der Waals surface area contributed by atoms with Gasteiger partial charge in [0.2, 0.25) is 0 Å². The lowest BCUT2D eigenvalue weighted by molar-refractivity contribution is -0.134. The smallest absolute Gasteiger partial charge is 0.251 e. The number of fused-ring (bicyclic) bond motifs is 1. The molecule has 1 N–H and O–H groups in total. The number of benzene rings is 2. The van der Waals surface area contributed by atoms with Crippen molar-refractivity contribution in [3.8, 4) is 0 Å². The fraction of sp³-hybridized carbons (Fsp3) is 0.211. The molecule has 2 heterocycles. The number of nitrogens with one attached hydrogen (secondary N) is 1. The third-order valence-corrected chi connectivity index (χ3v) is 5.06. The largest absolute Gasteiger partial charge is 0.311 e. The molecule has 4 rings (SSSR count). The average molecular weight is 376 g/mol. The van der Waals surface area contributed by atoms with Gasteiger partial charge in [0.15, 0.2) is 0 Å². The summed E-state index contributed by atoms with van der Waals surface area (Å²) in [7, 11) is 0. The lowest BCUT2D eigenvalue weighted by Gasteiger charge is -2.32. The van der Waals surface area contributed by atoms with Gasteiger partial charge in [0.05, 0.1) is 12.6 Å². The Kier molecular flexibility index (Phi) is 4.38. The topological polar surface area (TPSA) is 35.6 Å². The molecule has 0 saturated carbocycles. The van der Waals surface area contributed by atoms with E-state index in [1.165, 1.54) is 24.3 Å². The zero-order valence-corrected chi connectivity index (χ0v) is 14.5. The molecule has 0 bridgehead atoms. The van der Waals surface area contributed by atoms with Crippen LogP contribution in [-0.4, -0.2) is 21.9 Å². The molecule has 0 radical (unpaired) electrons. The molecule has 2 atom stereocenters. The minimum atomic E-state index is -0.410. The van der Waals surface area contributed by atoms with E-state index in [-0.39, 0.29) is 30.4 Å². The summed E-state index contributed by atoms with van der Waals surface area (Å²) in [5.41, 5.74) is 4.87. The summed E-state index contributed by atoms with van der Waals surface area (Å²) in [5, 5.41) is 2.07. The first-order valence-corrected chi connectivity index (χ1v) is 8.62. The van der Waals surface area contributed by atoms with Crippen molar-refractivity contribution >= 4 is 17.5 Å². The van der Waals surface area contributed by atoms with Crippen molar-refractivity contribution in [3.63, 3.8) is 0 Å². The fourth-order valence-corrected chi connectivity index (χ4v) is 3.54. The molecule has 134 valence electrons. The number of hydrogen-bond donors (Lipinski definition) is 1. The molecule has 2 aromatic carbocycles. The molecular weight excluding hydrogens is 360 g/mol. The number of carbonyl (C=O) groups excluding carboxylic acids is 1. The number of rotatable bonds is 3. The molecule has 2 aromatic rings. The van der Waals surface area contributed by atoms with E-state index in [2.05, 4.69) is 5.43 Å². The Morgan fingerprint density at radius 2 is 1.81 bits per heavy atom. The summed E-state index contributed by atoms with van der Waals surface area (Å²) in [6, 6.07) is 9.99. The summed E-state index contributed by atoms with van der Waals surface area (Å²) in [4.78, 5) is 14.4. The van der Waals surface area contributed by atoms with E-state index in [0.717, 1.165) is 5.56 Å². The molecular formula is C19H16ClF2N3O. The second-order valence-corrected chi connectivity index (χ2v) is 6.80. The monoisotopic (exact) mass is 375 g/mol. The molecule has 26 heavy (non-hydrogen) atoms. The van der Waals surface area contributed by atoms with Crippen molar-refractivity contribution in [3.05, 3.63) is 82.6 Å². The van der Waals surface area contributed by atoms with Gasteiger partial charge in [-0.05, 0) is 41.8 Å². The maximum absolute atomic E-state index is 13.2. The highest BCUT2D eigenvalue weighted by Gasteiger charge is 2.39. The molecule has 2 aliphatic rings. The zero-order valence-electron chi connectivity index (χ0n) is 13.7. The van der Waals surface area contributed by atoms with E-state index < -0.39 is 5.82 Å². The number of hydrogen-bond acceptors (Lipinski definition) is 3. The first kappa shape index (κ1) is 17.0. The lowest BCUT2D eigenvalue weighted by atomic mass is 10.0. The van der Waals surface area contributed by atoms with Crippen molar-refractivity contribution < 1.29 is 13.6 Å². The quantitative estimate of drug-likeness (QED) is 0.887. The lowest BCUT2D eigenvalue weighted by Crippen LogP contribution is -2.47. The third-order valence-electron chi connectivity index (χ3n) is 4.70. The Morgan fingerprint density at radius 3 is 2.54 bits per heavy atom. The van der Waals surface area contributed by atoms with Crippen molar-refractivity contribution in [2.24, 2.45) is 0 Å². The maximum Gasteiger partial charge on any atom is 0.251 e. The first-order valence-electron chi connectivity index (χ1n) is 8.24. The van der Waals surface area contributed by atoms with Gasteiger partial charge in [-0.2, -0.15) is 0 Å². The van der Waals surface area contributed by atoms with Gasteiger partial charge in [-0.1, -0.05) is 29.8 Å². The molecule has 0 spiro atoms. The van der Waals surface area contributed by atoms with Crippen LogP contribution in [0.25, 0.3) is 0 Å². The number of halogens is 3. The van der Waals surface area contributed by atoms with E-state index >= 15 is 0 Å². The third kappa shape index (κ3) is 3.18. The zero-order chi connectivity index (χ0) is 18.3. The number of hydrazine groups is 1. The molecule has 1 saturated heterocycles. The van der Waals surface area contributed by atoms with E-state index in [9.17, 15) is 13.6 Å². The van der Waals surface area contributed by atoms with Gasteiger partial charge in [0.1, 0.15) is 17.7 Å². The molecule has 2 unspecified atom stereocenters. The Labute approximate surface area is 154 Å². The average Bonchev–Trinajstić information content (AvgIpc) is 3.05. The predicted octanol–water partition coefficient (Wildman–Crippen LogP) is 3.75. The highest BCUT2D eigenvalue weighted by Crippen LogP contribution is 2.31. The van der Waals surface area contributed by atoms with Crippen LogP contribution in [0.1, 0.15) is 23.6 Å². The molecule has 0 aromatic heterocycles. The van der Waals surface area contributed by atoms with Gasteiger partial charge < -0.3 is 9.91 Å². The Morgan fingerprint density at radius 1 is 1.08 bits per heavy atom. The molecule has 0 aliphatic carbocycles. The number of carbonyl (C=O) groups is 1. The van der Waals surface area contributed by atoms with Crippen LogP contribution in [0.3, 0.4) is 0 Å². The Hall–Kier alpha value is -2.44. The first-order chi connectivity index (χ1) is 12.5. The minimum Gasteiger partial charge on any atom is -0.311 e. The number of nitrogens with zero attached hydrogens (tertiary/aromatic N) is 2. The van der Waals surface area contributed by atoms with Gasteiger partial charge in [0.25, 0.3) is 5.91 Å². The van der Waals surface area contributed by atoms with Crippen LogP contribution in [0, 0.1) is 11.6 Å². The second-order valence-electron chi connectivity index (χ2n) is 6.39. The van der Waals surface area contributed by atoms with Crippen LogP contribution in [0.15, 0.2) is 54.9 Å². The van der Waals surface area contributed by atoms with Crippen LogP contribution in [0.5, 0.6) is 0 Å². The minimum absolute atomic E-state index is 0.0648. The van der Waals surface area contributed by atoms with E-state index in [0.29, 0.717) is 17.0 Å². The normalized spacial score (nSPS) is 22.0. The van der Waals surface area contributed by atoms with Crippen molar-refractivity contribution in [2.75, 3.05) is 0 Å². The summed E-state index contributed by atoms with van der Waals surface area (Å²) >= 11 is 6.07. The van der Waals surface area contributed by atoms with Crippen LogP contribution >= 0.6 is 11.6 Å². The highest BCUT2D eigenvalue weighted by atomic mass is 35.5. The van der Waals surface area contributed by atoms with Gasteiger partial charge >= 0.3 is 0 Å².